The number of benzene rings is 2. The summed E-state index contributed by atoms with van der Waals surface area (Å²) in [7, 11) is 1.59. The summed E-state index contributed by atoms with van der Waals surface area (Å²) in [6, 6.07) is 12.0. The molecule has 0 aliphatic rings. The highest BCUT2D eigenvalue weighted by Crippen LogP contribution is 2.27. The number of para-hydroxylation sites is 1. The molecule has 0 unspecified atom stereocenters. The molecule has 6 nitrogen and oxygen atoms in total. The van der Waals surface area contributed by atoms with Crippen molar-refractivity contribution in [1.82, 2.24) is 0 Å². The highest BCUT2D eigenvalue weighted by molar-refractivity contribution is 5.83. The van der Waals surface area contributed by atoms with E-state index >= 15 is 0 Å². The van der Waals surface area contributed by atoms with Crippen LogP contribution >= 0.6 is 0 Å². The fraction of sp³-hybridized carbons (Fsp3) is 0.273. The summed E-state index contributed by atoms with van der Waals surface area (Å²) in [5.74, 6) is 0.430. The van der Waals surface area contributed by atoms with Crippen LogP contribution in [0.5, 0.6) is 11.5 Å². The van der Waals surface area contributed by atoms with Crippen molar-refractivity contribution in [1.29, 1.82) is 0 Å². The zero-order chi connectivity index (χ0) is 20.1. The molecule has 0 fully saturated rings. The molecule has 0 saturated heterocycles. The standard InChI is InChI=1S/C22H22O6/c1-3-14-10-17-16(11-22(25)28-20(17)12-18(14)23)13-27-21(24)9-8-15-6-4-5-7-19(15)26-2/h4-7,10-12,23H,3,8-9,13H2,1-2H3. The molecule has 3 rings (SSSR count). The van der Waals surface area contributed by atoms with Gasteiger partial charge in [0.05, 0.1) is 7.11 Å². The molecule has 1 aromatic heterocycles. The van der Waals surface area contributed by atoms with E-state index in [1.807, 2.05) is 31.2 Å². The number of aryl methyl sites for hydroxylation is 2. The van der Waals surface area contributed by atoms with Gasteiger partial charge in [-0.15, -0.1) is 0 Å². The van der Waals surface area contributed by atoms with Crippen LogP contribution in [0.15, 0.2) is 51.7 Å². The number of rotatable bonds is 7. The highest BCUT2D eigenvalue weighted by atomic mass is 16.5. The van der Waals surface area contributed by atoms with Gasteiger partial charge in [0.25, 0.3) is 0 Å². The molecule has 0 bridgehead atoms. The van der Waals surface area contributed by atoms with E-state index < -0.39 is 5.63 Å². The molecule has 3 aromatic rings. The highest BCUT2D eigenvalue weighted by Gasteiger charge is 2.13. The lowest BCUT2D eigenvalue weighted by Gasteiger charge is -2.10. The van der Waals surface area contributed by atoms with Crippen LogP contribution in [-0.2, 0) is 29.0 Å². The molecule has 1 heterocycles. The first-order valence-electron chi connectivity index (χ1n) is 9.08. The molecule has 146 valence electrons. The zero-order valence-electron chi connectivity index (χ0n) is 15.9. The Kier molecular flexibility index (Phi) is 5.99. The van der Waals surface area contributed by atoms with Crippen LogP contribution < -0.4 is 10.4 Å². The monoisotopic (exact) mass is 382 g/mol. The van der Waals surface area contributed by atoms with E-state index in [4.69, 9.17) is 13.9 Å². The largest absolute Gasteiger partial charge is 0.508 e. The molecule has 0 radical (unpaired) electrons. The number of carbonyl (C=O) groups is 1. The van der Waals surface area contributed by atoms with Crippen molar-refractivity contribution in [3.63, 3.8) is 0 Å². The SMILES string of the molecule is CCc1cc2c(COC(=O)CCc3ccccc3OC)cc(=O)oc2cc1O. The van der Waals surface area contributed by atoms with Gasteiger partial charge in [-0.2, -0.15) is 0 Å². The molecule has 0 aliphatic carbocycles. The number of hydrogen-bond donors (Lipinski definition) is 1. The first kappa shape index (κ1) is 19.5. The number of methoxy groups -OCH3 is 1. The summed E-state index contributed by atoms with van der Waals surface area (Å²) < 4.78 is 15.8. The lowest BCUT2D eigenvalue weighted by molar-refractivity contribution is -0.144. The number of esters is 1. The molecule has 6 heteroatoms. The van der Waals surface area contributed by atoms with Gasteiger partial charge < -0.3 is 19.0 Å². The molecular weight excluding hydrogens is 360 g/mol. The van der Waals surface area contributed by atoms with Crippen LogP contribution in [0.25, 0.3) is 11.0 Å². The Bertz CT molecular complexity index is 1050. The minimum atomic E-state index is -0.559. The van der Waals surface area contributed by atoms with Gasteiger partial charge in [0.1, 0.15) is 23.7 Å². The molecule has 0 spiro atoms. The molecule has 0 saturated carbocycles. The second-order valence-electron chi connectivity index (χ2n) is 6.39. The van der Waals surface area contributed by atoms with Gasteiger partial charge in [-0.3, -0.25) is 4.79 Å². The van der Waals surface area contributed by atoms with Crippen LogP contribution in [0.4, 0.5) is 0 Å². The van der Waals surface area contributed by atoms with Gasteiger partial charge in [0.2, 0.25) is 0 Å². The first-order chi connectivity index (χ1) is 13.5. The van der Waals surface area contributed by atoms with Crippen LogP contribution in [0.2, 0.25) is 0 Å². The summed E-state index contributed by atoms with van der Waals surface area (Å²) in [5.41, 5.74) is 1.91. The number of phenols is 1. The summed E-state index contributed by atoms with van der Waals surface area (Å²) in [6.45, 7) is 1.87. The molecule has 0 amide bonds. The van der Waals surface area contributed by atoms with Gasteiger partial charge >= 0.3 is 11.6 Å². The van der Waals surface area contributed by atoms with Crippen LogP contribution in [0.3, 0.4) is 0 Å². The Morgan fingerprint density at radius 1 is 1.11 bits per heavy atom. The third kappa shape index (κ3) is 4.34. The predicted octanol–water partition coefficient (Wildman–Crippen LogP) is 3.75. The number of phenolic OH excluding ortho intramolecular Hbond substituents is 1. The summed E-state index contributed by atoms with van der Waals surface area (Å²) in [5, 5.41) is 10.6. The van der Waals surface area contributed by atoms with Crippen molar-refractivity contribution < 1.29 is 23.8 Å². The number of fused-ring (bicyclic) bond motifs is 1. The number of aromatic hydroxyl groups is 1. The maximum absolute atomic E-state index is 12.2. The van der Waals surface area contributed by atoms with E-state index in [1.165, 1.54) is 12.1 Å². The Balaban J connectivity index is 1.72. The van der Waals surface area contributed by atoms with Crippen LogP contribution in [-0.4, -0.2) is 18.2 Å². The predicted molar refractivity (Wildman–Crippen MR) is 105 cm³/mol. The van der Waals surface area contributed by atoms with E-state index in [2.05, 4.69) is 0 Å². The summed E-state index contributed by atoms with van der Waals surface area (Å²) in [6.07, 6.45) is 1.31. The van der Waals surface area contributed by atoms with Gasteiger partial charge in [0.15, 0.2) is 0 Å². The van der Waals surface area contributed by atoms with Gasteiger partial charge in [0, 0.05) is 29.5 Å². The zero-order valence-corrected chi connectivity index (χ0v) is 15.9. The molecule has 0 atom stereocenters. The van der Waals surface area contributed by atoms with Crippen molar-refractivity contribution in [3.8, 4) is 11.5 Å². The lowest BCUT2D eigenvalue weighted by Crippen LogP contribution is -2.09. The molecule has 1 N–H and O–H groups in total. The third-order valence-corrected chi connectivity index (χ3v) is 4.59. The Morgan fingerprint density at radius 3 is 2.64 bits per heavy atom. The van der Waals surface area contributed by atoms with E-state index in [0.29, 0.717) is 23.8 Å². The lowest BCUT2D eigenvalue weighted by atomic mass is 10.0. The second-order valence-corrected chi connectivity index (χ2v) is 6.39. The van der Waals surface area contributed by atoms with Gasteiger partial charge in [-0.25, -0.2) is 4.79 Å². The third-order valence-electron chi connectivity index (χ3n) is 4.59. The van der Waals surface area contributed by atoms with Crippen molar-refractivity contribution in [2.45, 2.75) is 32.8 Å². The van der Waals surface area contributed by atoms with Crippen molar-refractivity contribution in [2.75, 3.05) is 7.11 Å². The quantitative estimate of drug-likeness (QED) is 0.495. The smallest absolute Gasteiger partial charge is 0.336 e. The topological polar surface area (TPSA) is 86.0 Å². The number of ether oxygens (including phenoxy) is 2. The number of carbonyl (C=O) groups excluding carboxylic acids is 1. The summed E-state index contributed by atoms with van der Waals surface area (Å²) in [4.78, 5) is 24.0. The van der Waals surface area contributed by atoms with Crippen molar-refractivity contribution in [2.24, 2.45) is 0 Å². The molecule has 2 aromatic carbocycles. The van der Waals surface area contributed by atoms with Gasteiger partial charge in [-0.05, 0) is 36.1 Å². The minimum absolute atomic E-state index is 0.0409. The van der Waals surface area contributed by atoms with Crippen molar-refractivity contribution >= 4 is 16.9 Å². The van der Waals surface area contributed by atoms with Crippen LogP contribution in [0.1, 0.15) is 30.0 Å². The van der Waals surface area contributed by atoms with E-state index in [1.54, 1.807) is 13.2 Å². The maximum Gasteiger partial charge on any atom is 0.336 e. The Hall–Kier alpha value is -3.28. The Morgan fingerprint density at radius 2 is 1.89 bits per heavy atom. The summed E-state index contributed by atoms with van der Waals surface area (Å²) >= 11 is 0. The molecule has 0 aliphatic heterocycles. The minimum Gasteiger partial charge on any atom is -0.508 e. The van der Waals surface area contributed by atoms with E-state index in [9.17, 15) is 14.7 Å². The van der Waals surface area contributed by atoms with Crippen LogP contribution in [0, 0.1) is 0 Å². The van der Waals surface area contributed by atoms with E-state index in [-0.39, 0.29) is 30.3 Å². The van der Waals surface area contributed by atoms with E-state index in [0.717, 1.165) is 16.9 Å². The molecular formula is C22H22O6. The Labute approximate surface area is 162 Å². The second kappa shape index (κ2) is 8.61. The average molecular weight is 382 g/mol. The van der Waals surface area contributed by atoms with Gasteiger partial charge in [-0.1, -0.05) is 25.1 Å². The number of hydrogen-bond acceptors (Lipinski definition) is 6. The average Bonchev–Trinajstić information content (AvgIpc) is 2.70. The fourth-order valence-corrected chi connectivity index (χ4v) is 3.09. The molecule has 28 heavy (non-hydrogen) atoms. The maximum atomic E-state index is 12.2. The van der Waals surface area contributed by atoms with Crippen molar-refractivity contribution in [3.05, 3.63) is 69.6 Å². The normalized spacial score (nSPS) is 10.8. The first-order valence-corrected chi connectivity index (χ1v) is 9.08. The fourth-order valence-electron chi connectivity index (χ4n) is 3.09.